The molecule has 84 valence electrons. The zero-order valence-electron chi connectivity index (χ0n) is 9.28. The molecule has 1 unspecified atom stereocenters. The molecule has 0 spiro atoms. The molecular weight excluding hydrogens is 194 g/mol. The summed E-state index contributed by atoms with van der Waals surface area (Å²) in [5.41, 5.74) is 0. The van der Waals surface area contributed by atoms with Crippen LogP contribution in [-0.2, 0) is 4.79 Å². The molecule has 0 aliphatic carbocycles. The van der Waals surface area contributed by atoms with Crippen LogP contribution in [0.5, 0.6) is 0 Å². The molecule has 4 nitrogen and oxygen atoms in total. The quantitative estimate of drug-likeness (QED) is 0.384. The van der Waals surface area contributed by atoms with Gasteiger partial charge in [0.1, 0.15) is 5.78 Å². The van der Waals surface area contributed by atoms with Gasteiger partial charge in [0, 0.05) is 37.0 Å². The number of Topliss-reactive ketones (excluding diaryl/α,β-unsaturated/α-hetero) is 1. The van der Waals surface area contributed by atoms with E-state index < -0.39 is 6.04 Å². The Morgan fingerprint density at radius 1 is 1.40 bits per heavy atom. The number of carbonyl (C=O) groups excluding carboxylic acids is 1. The van der Waals surface area contributed by atoms with E-state index >= 15 is 0 Å². The molecule has 0 saturated heterocycles. The molecule has 0 amide bonds. The number of ketones is 1. The molecule has 4 heteroatoms. The zero-order chi connectivity index (χ0) is 11.7. The highest BCUT2D eigenvalue weighted by Gasteiger charge is 2.19. The highest BCUT2D eigenvalue weighted by Crippen LogP contribution is 2.08. The molecule has 0 fully saturated rings. The first-order valence-electron chi connectivity index (χ1n) is 5.16. The van der Waals surface area contributed by atoms with Crippen LogP contribution >= 0.6 is 0 Å². The Balaban J connectivity index is 3.94. The molecule has 0 saturated carbocycles. The fraction of sp³-hybridized carbons (Fsp3) is 0.727. The number of hydrogen-bond acceptors (Lipinski definition) is 3. The first kappa shape index (κ1) is 13.6. The Kier molecular flexibility index (Phi) is 7.25. The summed E-state index contributed by atoms with van der Waals surface area (Å²) in [4.78, 5) is 21.0. The average molecular weight is 211 g/mol. The lowest BCUT2D eigenvalue weighted by molar-refractivity contribution is -0.524. The number of nitrogens with zero attached hydrogens (tertiary/aromatic N) is 1. The van der Waals surface area contributed by atoms with Gasteiger partial charge in [0.05, 0.1) is 0 Å². The van der Waals surface area contributed by atoms with Gasteiger partial charge in [0.15, 0.2) is 0 Å². The molecule has 0 aromatic carbocycles. The first-order valence-corrected chi connectivity index (χ1v) is 5.16. The summed E-state index contributed by atoms with van der Waals surface area (Å²) in [6, 6.07) is -0.625. The van der Waals surface area contributed by atoms with E-state index in [9.17, 15) is 14.9 Å². The first-order chi connectivity index (χ1) is 7.07. The van der Waals surface area contributed by atoms with Gasteiger partial charge in [-0.15, -0.1) is 11.8 Å². The lowest BCUT2D eigenvalue weighted by Crippen LogP contribution is -2.20. The van der Waals surface area contributed by atoms with Gasteiger partial charge in [-0.05, 0) is 6.92 Å². The SMILES string of the molecule is CCC#CCCC(CCC(C)=O)[N+](=O)[O-]. The number of hydrogen-bond donors (Lipinski definition) is 0. The van der Waals surface area contributed by atoms with Crippen LogP contribution < -0.4 is 0 Å². The highest BCUT2D eigenvalue weighted by atomic mass is 16.6. The smallest absolute Gasteiger partial charge is 0.214 e. The Morgan fingerprint density at radius 2 is 2.07 bits per heavy atom. The third-order valence-corrected chi connectivity index (χ3v) is 2.03. The fourth-order valence-corrected chi connectivity index (χ4v) is 1.18. The molecule has 0 aliphatic rings. The standard InChI is InChI=1S/C11H17NO3/c1-3-4-5-6-7-11(12(14)15)9-8-10(2)13/h11H,3,6-9H2,1-2H3. The summed E-state index contributed by atoms with van der Waals surface area (Å²) in [5, 5.41) is 10.6. The van der Waals surface area contributed by atoms with E-state index in [0.717, 1.165) is 6.42 Å². The van der Waals surface area contributed by atoms with Crippen LogP contribution in [0.3, 0.4) is 0 Å². The molecular formula is C11H17NO3. The number of rotatable bonds is 6. The van der Waals surface area contributed by atoms with E-state index in [1.54, 1.807) is 0 Å². The lowest BCUT2D eigenvalue weighted by atomic mass is 10.1. The van der Waals surface area contributed by atoms with Crippen molar-refractivity contribution in [1.82, 2.24) is 0 Å². The third-order valence-electron chi connectivity index (χ3n) is 2.03. The van der Waals surface area contributed by atoms with Crippen LogP contribution in [0.15, 0.2) is 0 Å². The molecule has 0 bridgehead atoms. The van der Waals surface area contributed by atoms with E-state index in [-0.39, 0.29) is 17.1 Å². The van der Waals surface area contributed by atoms with Gasteiger partial charge in [-0.25, -0.2) is 0 Å². The molecule has 0 rings (SSSR count). The van der Waals surface area contributed by atoms with Crippen molar-refractivity contribution in [1.29, 1.82) is 0 Å². The largest absolute Gasteiger partial charge is 0.300 e. The van der Waals surface area contributed by atoms with E-state index in [4.69, 9.17) is 0 Å². The normalized spacial score (nSPS) is 11.3. The molecule has 0 aromatic heterocycles. The number of carbonyl (C=O) groups is 1. The molecule has 0 aromatic rings. The van der Waals surface area contributed by atoms with Gasteiger partial charge in [0.2, 0.25) is 6.04 Å². The van der Waals surface area contributed by atoms with Crippen LogP contribution in [0, 0.1) is 22.0 Å². The predicted octanol–water partition coefficient (Wildman–Crippen LogP) is 2.19. The Morgan fingerprint density at radius 3 is 2.53 bits per heavy atom. The summed E-state index contributed by atoms with van der Waals surface area (Å²) in [7, 11) is 0. The summed E-state index contributed by atoms with van der Waals surface area (Å²) in [6.45, 7) is 3.39. The van der Waals surface area contributed by atoms with Gasteiger partial charge in [-0.1, -0.05) is 6.92 Å². The Hall–Kier alpha value is -1.37. The van der Waals surface area contributed by atoms with Crippen molar-refractivity contribution in [3.05, 3.63) is 10.1 Å². The molecule has 0 N–H and O–H groups in total. The topological polar surface area (TPSA) is 60.2 Å². The second kappa shape index (κ2) is 7.98. The van der Waals surface area contributed by atoms with Gasteiger partial charge >= 0.3 is 0 Å². The number of nitro groups is 1. The minimum atomic E-state index is -0.625. The second-order valence-corrected chi connectivity index (χ2v) is 3.43. The summed E-state index contributed by atoms with van der Waals surface area (Å²) < 4.78 is 0. The van der Waals surface area contributed by atoms with Crippen molar-refractivity contribution < 1.29 is 9.72 Å². The van der Waals surface area contributed by atoms with Crippen molar-refractivity contribution in [2.45, 2.75) is 52.0 Å². The van der Waals surface area contributed by atoms with Crippen LogP contribution in [-0.4, -0.2) is 16.7 Å². The second-order valence-electron chi connectivity index (χ2n) is 3.43. The van der Waals surface area contributed by atoms with Gasteiger partial charge in [-0.3, -0.25) is 10.1 Å². The molecule has 0 radical (unpaired) electrons. The van der Waals surface area contributed by atoms with Crippen molar-refractivity contribution in [3.63, 3.8) is 0 Å². The van der Waals surface area contributed by atoms with Gasteiger partial charge in [0.25, 0.3) is 0 Å². The predicted molar refractivity (Wildman–Crippen MR) is 58.0 cm³/mol. The third kappa shape index (κ3) is 7.68. The van der Waals surface area contributed by atoms with Gasteiger partial charge < -0.3 is 4.79 Å². The average Bonchev–Trinajstić information content (AvgIpc) is 2.15. The summed E-state index contributed by atoms with van der Waals surface area (Å²) in [5.74, 6) is 5.74. The highest BCUT2D eigenvalue weighted by molar-refractivity contribution is 5.75. The van der Waals surface area contributed by atoms with Crippen molar-refractivity contribution in [2.75, 3.05) is 0 Å². The molecule has 0 heterocycles. The maximum atomic E-state index is 10.7. The lowest BCUT2D eigenvalue weighted by Gasteiger charge is -2.05. The van der Waals surface area contributed by atoms with Crippen LogP contribution in [0.4, 0.5) is 0 Å². The monoisotopic (exact) mass is 211 g/mol. The van der Waals surface area contributed by atoms with E-state index in [1.165, 1.54) is 6.92 Å². The maximum absolute atomic E-state index is 10.7. The van der Waals surface area contributed by atoms with Crippen molar-refractivity contribution in [2.24, 2.45) is 0 Å². The van der Waals surface area contributed by atoms with E-state index in [2.05, 4.69) is 11.8 Å². The van der Waals surface area contributed by atoms with Gasteiger partial charge in [-0.2, -0.15) is 0 Å². The van der Waals surface area contributed by atoms with E-state index in [0.29, 0.717) is 19.3 Å². The van der Waals surface area contributed by atoms with Crippen LogP contribution in [0.25, 0.3) is 0 Å². The Labute approximate surface area is 90.2 Å². The molecule has 15 heavy (non-hydrogen) atoms. The minimum absolute atomic E-state index is 0.00138. The fourth-order valence-electron chi connectivity index (χ4n) is 1.18. The maximum Gasteiger partial charge on any atom is 0.214 e. The minimum Gasteiger partial charge on any atom is -0.300 e. The Bertz CT molecular complexity index is 275. The van der Waals surface area contributed by atoms with Crippen molar-refractivity contribution in [3.8, 4) is 11.8 Å². The zero-order valence-corrected chi connectivity index (χ0v) is 9.28. The van der Waals surface area contributed by atoms with Crippen LogP contribution in [0.1, 0.15) is 46.0 Å². The molecule has 0 aliphatic heterocycles. The van der Waals surface area contributed by atoms with Crippen molar-refractivity contribution >= 4 is 5.78 Å². The molecule has 1 atom stereocenters. The van der Waals surface area contributed by atoms with Crippen LogP contribution in [0.2, 0.25) is 0 Å². The van der Waals surface area contributed by atoms with E-state index in [1.807, 2.05) is 6.92 Å². The summed E-state index contributed by atoms with van der Waals surface area (Å²) >= 11 is 0. The summed E-state index contributed by atoms with van der Waals surface area (Å²) in [6.07, 6.45) is 2.37.